The Labute approximate surface area is 149 Å². The molecule has 3 amide bonds. The van der Waals surface area contributed by atoms with Gasteiger partial charge in [-0.1, -0.05) is 6.07 Å². The smallest absolute Gasteiger partial charge is 0.321 e. The molecule has 7 heteroatoms. The van der Waals surface area contributed by atoms with Crippen molar-refractivity contribution in [3.63, 3.8) is 0 Å². The predicted molar refractivity (Wildman–Crippen MR) is 95.2 cm³/mol. The third kappa shape index (κ3) is 2.85. The van der Waals surface area contributed by atoms with Gasteiger partial charge in [0.25, 0.3) is 0 Å². The molecule has 1 unspecified atom stereocenters. The van der Waals surface area contributed by atoms with E-state index in [1.54, 1.807) is 17.0 Å². The number of nitrogens with zero attached hydrogens (tertiary/aromatic N) is 1. The number of hydrogen-bond acceptors (Lipinski definition) is 3. The number of methoxy groups -OCH3 is 1. The van der Waals surface area contributed by atoms with Gasteiger partial charge in [0.1, 0.15) is 11.6 Å². The Morgan fingerprint density at radius 2 is 2.04 bits per heavy atom. The number of urea groups is 1. The first kappa shape index (κ1) is 16.4. The summed E-state index contributed by atoms with van der Waals surface area (Å²) in [5.74, 6) is -0.409. The molecule has 2 aromatic rings. The fourth-order valence-corrected chi connectivity index (χ4v) is 3.54. The molecule has 0 saturated carbocycles. The van der Waals surface area contributed by atoms with Crippen molar-refractivity contribution < 1.29 is 18.7 Å². The van der Waals surface area contributed by atoms with Gasteiger partial charge in [0, 0.05) is 42.9 Å². The fraction of sp³-hybridized carbons (Fsp3) is 0.263. The Bertz CT molecular complexity index is 900. The van der Waals surface area contributed by atoms with E-state index in [1.165, 1.54) is 19.2 Å². The molecule has 1 saturated heterocycles. The standard InChI is InChI=1S/C19H18FN3O3/c1-26-14-7-11(6-12(20)8-14)16-10-18(24)22-17-9-13(2-3-15(16)17)23-5-4-21-19(23)25/h2-3,6-9,16H,4-5,10H2,1H3,(H,21,25)(H,22,24). The van der Waals surface area contributed by atoms with Gasteiger partial charge in [-0.05, 0) is 35.4 Å². The maximum absolute atomic E-state index is 13.9. The van der Waals surface area contributed by atoms with Gasteiger partial charge >= 0.3 is 6.03 Å². The summed E-state index contributed by atoms with van der Waals surface area (Å²) in [7, 11) is 1.48. The second-order valence-electron chi connectivity index (χ2n) is 6.38. The normalized spacial score (nSPS) is 19.0. The summed E-state index contributed by atoms with van der Waals surface area (Å²) >= 11 is 0. The van der Waals surface area contributed by atoms with Gasteiger partial charge in [-0.25, -0.2) is 9.18 Å². The zero-order valence-corrected chi connectivity index (χ0v) is 14.2. The Hall–Kier alpha value is -3.09. The highest BCUT2D eigenvalue weighted by atomic mass is 19.1. The quantitative estimate of drug-likeness (QED) is 0.889. The van der Waals surface area contributed by atoms with Gasteiger partial charge in [-0.15, -0.1) is 0 Å². The van der Waals surface area contributed by atoms with Crippen LogP contribution in [0.15, 0.2) is 36.4 Å². The van der Waals surface area contributed by atoms with Crippen LogP contribution in [0.25, 0.3) is 0 Å². The number of ether oxygens (including phenoxy) is 1. The van der Waals surface area contributed by atoms with Crippen LogP contribution in [0.2, 0.25) is 0 Å². The van der Waals surface area contributed by atoms with Crippen LogP contribution in [-0.4, -0.2) is 32.1 Å². The molecule has 0 bridgehead atoms. The zero-order valence-electron chi connectivity index (χ0n) is 14.2. The maximum atomic E-state index is 13.9. The SMILES string of the molecule is COc1cc(F)cc(C2CC(=O)Nc3cc(N4CCNC4=O)ccc32)c1. The van der Waals surface area contributed by atoms with Crippen molar-refractivity contribution in [3.05, 3.63) is 53.3 Å². The highest BCUT2D eigenvalue weighted by Crippen LogP contribution is 2.40. The molecule has 0 aromatic heterocycles. The third-order valence-corrected chi connectivity index (χ3v) is 4.78. The van der Waals surface area contributed by atoms with Crippen molar-refractivity contribution in [3.8, 4) is 5.75 Å². The van der Waals surface area contributed by atoms with Crippen LogP contribution in [0.1, 0.15) is 23.5 Å². The summed E-state index contributed by atoms with van der Waals surface area (Å²) in [5, 5.41) is 5.61. The van der Waals surface area contributed by atoms with Crippen molar-refractivity contribution in [2.75, 3.05) is 30.4 Å². The number of benzene rings is 2. The zero-order chi connectivity index (χ0) is 18.3. The molecule has 0 aliphatic carbocycles. The highest BCUT2D eigenvalue weighted by molar-refractivity contribution is 5.98. The van der Waals surface area contributed by atoms with E-state index in [4.69, 9.17) is 4.74 Å². The van der Waals surface area contributed by atoms with E-state index in [-0.39, 0.29) is 24.3 Å². The monoisotopic (exact) mass is 355 g/mol. The molecule has 2 aliphatic heterocycles. The number of anilines is 2. The number of fused-ring (bicyclic) bond motifs is 1. The van der Waals surface area contributed by atoms with Gasteiger partial charge in [-0.3, -0.25) is 9.69 Å². The molecular formula is C19H18FN3O3. The average molecular weight is 355 g/mol. The van der Waals surface area contributed by atoms with E-state index in [2.05, 4.69) is 10.6 Å². The van der Waals surface area contributed by atoms with Gasteiger partial charge < -0.3 is 15.4 Å². The number of nitrogens with one attached hydrogen (secondary N) is 2. The lowest BCUT2D eigenvalue weighted by Crippen LogP contribution is -2.28. The van der Waals surface area contributed by atoms with Gasteiger partial charge in [-0.2, -0.15) is 0 Å². The van der Waals surface area contributed by atoms with Crippen LogP contribution >= 0.6 is 0 Å². The molecule has 134 valence electrons. The molecule has 4 rings (SSSR count). The van der Waals surface area contributed by atoms with Crippen LogP contribution in [0, 0.1) is 5.82 Å². The molecule has 0 radical (unpaired) electrons. The van der Waals surface area contributed by atoms with Crippen LogP contribution in [0.3, 0.4) is 0 Å². The van der Waals surface area contributed by atoms with Gasteiger partial charge in [0.2, 0.25) is 5.91 Å². The third-order valence-electron chi connectivity index (χ3n) is 4.78. The summed E-state index contributed by atoms with van der Waals surface area (Å²) in [6.07, 6.45) is 0.225. The number of hydrogen-bond donors (Lipinski definition) is 2. The van der Waals surface area contributed by atoms with Crippen LogP contribution < -0.4 is 20.3 Å². The molecule has 1 atom stereocenters. The van der Waals surface area contributed by atoms with E-state index in [9.17, 15) is 14.0 Å². The lowest BCUT2D eigenvalue weighted by molar-refractivity contribution is -0.116. The first-order valence-corrected chi connectivity index (χ1v) is 8.39. The van der Waals surface area contributed by atoms with Crippen LogP contribution in [0.5, 0.6) is 5.75 Å². The number of amides is 3. The lowest BCUT2D eigenvalue weighted by Gasteiger charge is -2.28. The Morgan fingerprint density at radius 1 is 1.19 bits per heavy atom. The Kier molecular flexibility index (Phi) is 3.99. The molecule has 2 N–H and O–H groups in total. The van der Waals surface area contributed by atoms with Crippen molar-refractivity contribution in [2.45, 2.75) is 12.3 Å². The molecule has 2 aliphatic rings. The Balaban J connectivity index is 1.75. The van der Waals surface area contributed by atoms with Gasteiger partial charge in [0.05, 0.1) is 7.11 Å². The number of rotatable bonds is 3. The average Bonchev–Trinajstić information content (AvgIpc) is 3.05. The number of carbonyl (C=O) groups excluding carboxylic acids is 2. The van der Waals surface area contributed by atoms with Crippen molar-refractivity contribution in [2.24, 2.45) is 0 Å². The molecule has 2 aromatic carbocycles. The first-order valence-electron chi connectivity index (χ1n) is 8.39. The minimum Gasteiger partial charge on any atom is -0.497 e. The molecule has 2 heterocycles. The molecule has 1 fully saturated rings. The summed E-state index contributed by atoms with van der Waals surface area (Å²) in [4.78, 5) is 25.7. The number of halogens is 1. The molecular weight excluding hydrogens is 337 g/mol. The maximum Gasteiger partial charge on any atom is 0.321 e. The molecule has 6 nitrogen and oxygen atoms in total. The van der Waals surface area contributed by atoms with Crippen molar-refractivity contribution in [1.82, 2.24) is 5.32 Å². The summed E-state index contributed by atoms with van der Waals surface area (Å²) in [6, 6.07) is 9.86. The minimum absolute atomic E-state index is 0.145. The second-order valence-corrected chi connectivity index (χ2v) is 6.38. The largest absolute Gasteiger partial charge is 0.497 e. The van der Waals surface area contributed by atoms with E-state index in [1.807, 2.05) is 12.1 Å². The fourth-order valence-electron chi connectivity index (χ4n) is 3.54. The van der Waals surface area contributed by atoms with E-state index >= 15 is 0 Å². The first-order chi connectivity index (χ1) is 12.5. The minimum atomic E-state index is -0.405. The van der Waals surface area contributed by atoms with Crippen molar-refractivity contribution in [1.29, 1.82) is 0 Å². The van der Waals surface area contributed by atoms with Crippen LogP contribution in [-0.2, 0) is 4.79 Å². The highest BCUT2D eigenvalue weighted by Gasteiger charge is 2.29. The summed E-state index contributed by atoms with van der Waals surface area (Å²) in [6.45, 7) is 1.17. The van der Waals surface area contributed by atoms with Gasteiger partial charge in [0.15, 0.2) is 0 Å². The summed E-state index contributed by atoms with van der Waals surface area (Å²) in [5.41, 5.74) is 2.94. The van der Waals surface area contributed by atoms with Crippen LogP contribution in [0.4, 0.5) is 20.6 Å². The summed E-state index contributed by atoms with van der Waals surface area (Å²) < 4.78 is 19.1. The predicted octanol–water partition coefficient (Wildman–Crippen LogP) is 2.84. The molecule has 26 heavy (non-hydrogen) atoms. The Morgan fingerprint density at radius 3 is 2.77 bits per heavy atom. The van der Waals surface area contributed by atoms with E-state index in [0.29, 0.717) is 30.1 Å². The lowest BCUT2D eigenvalue weighted by atomic mass is 9.84. The van der Waals surface area contributed by atoms with E-state index in [0.717, 1.165) is 11.3 Å². The van der Waals surface area contributed by atoms with Crippen molar-refractivity contribution >= 4 is 23.3 Å². The van der Waals surface area contributed by atoms with E-state index < -0.39 is 5.82 Å². The number of carbonyl (C=O) groups is 2. The molecule has 0 spiro atoms. The second kappa shape index (κ2) is 6.33. The topological polar surface area (TPSA) is 70.7 Å².